The number of ether oxygens (including phenoxy) is 2. The van der Waals surface area contributed by atoms with E-state index in [0.29, 0.717) is 11.3 Å². The summed E-state index contributed by atoms with van der Waals surface area (Å²) in [5.41, 5.74) is 2.76. The first-order valence-electron chi connectivity index (χ1n) is 7.33. The minimum atomic E-state index is -0.694. The number of anilines is 1. The molecule has 1 N–H and O–H groups in total. The Hall–Kier alpha value is -3.59. The van der Waals surface area contributed by atoms with Gasteiger partial charge in [-0.3, -0.25) is 0 Å². The minimum Gasteiger partial charge on any atom is -0.466 e. The van der Waals surface area contributed by atoms with E-state index in [9.17, 15) is 9.59 Å². The first kappa shape index (κ1) is 17.8. The second-order valence-electron chi connectivity index (χ2n) is 4.93. The highest BCUT2D eigenvalue weighted by atomic mass is 16.5. The van der Waals surface area contributed by atoms with Crippen LogP contribution in [-0.2, 0) is 19.1 Å². The van der Waals surface area contributed by atoms with Gasteiger partial charge in [0.1, 0.15) is 5.70 Å². The van der Waals surface area contributed by atoms with Gasteiger partial charge in [-0.05, 0) is 23.8 Å². The Balaban J connectivity index is 2.42. The highest BCUT2D eigenvalue weighted by Gasteiger charge is 2.15. The van der Waals surface area contributed by atoms with Gasteiger partial charge < -0.3 is 14.8 Å². The third kappa shape index (κ3) is 4.45. The van der Waals surface area contributed by atoms with Gasteiger partial charge in [0.05, 0.1) is 31.9 Å². The summed E-state index contributed by atoms with van der Waals surface area (Å²) >= 11 is 0. The number of hydrogen-bond acceptors (Lipinski definition) is 6. The molecule has 2 rings (SSSR count). The van der Waals surface area contributed by atoms with E-state index in [0.717, 1.165) is 17.2 Å². The maximum absolute atomic E-state index is 11.9. The molecule has 0 saturated heterocycles. The molecule has 6 heteroatoms. The predicted molar refractivity (Wildman–Crippen MR) is 92.3 cm³/mol. The molecule has 2 aromatic carbocycles. The SMILES string of the molecule is COC(=O)/C=C(/Nc1ccccc1-c1ccc(C#N)cc1)C(=O)OC. The number of rotatable bonds is 5. The maximum Gasteiger partial charge on any atom is 0.354 e. The van der Waals surface area contributed by atoms with Crippen molar-refractivity contribution in [2.24, 2.45) is 0 Å². The Morgan fingerprint density at radius 2 is 1.72 bits per heavy atom. The number of nitriles is 1. The zero-order chi connectivity index (χ0) is 18.2. The van der Waals surface area contributed by atoms with Gasteiger partial charge in [0.25, 0.3) is 0 Å². The van der Waals surface area contributed by atoms with Crippen molar-refractivity contribution in [1.29, 1.82) is 5.26 Å². The van der Waals surface area contributed by atoms with Crippen LogP contribution in [0.1, 0.15) is 5.56 Å². The van der Waals surface area contributed by atoms with E-state index in [-0.39, 0.29) is 5.70 Å². The normalized spacial score (nSPS) is 10.5. The molecule has 0 fully saturated rings. The van der Waals surface area contributed by atoms with Crippen LogP contribution in [0.25, 0.3) is 11.1 Å². The number of hydrogen-bond donors (Lipinski definition) is 1. The third-order valence-corrected chi connectivity index (χ3v) is 3.39. The molecule has 6 nitrogen and oxygen atoms in total. The molecule has 0 aliphatic heterocycles. The fourth-order valence-corrected chi connectivity index (χ4v) is 2.15. The van der Waals surface area contributed by atoms with E-state index >= 15 is 0 Å². The average molecular weight is 336 g/mol. The molecule has 0 aromatic heterocycles. The molecular formula is C19H16N2O4. The van der Waals surface area contributed by atoms with Crippen molar-refractivity contribution in [2.45, 2.75) is 0 Å². The number of esters is 2. The number of carbonyl (C=O) groups excluding carboxylic acids is 2. The summed E-state index contributed by atoms with van der Waals surface area (Å²) < 4.78 is 9.25. The lowest BCUT2D eigenvalue weighted by atomic mass is 10.0. The van der Waals surface area contributed by atoms with E-state index < -0.39 is 11.9 Å². The van der Waals surface area contributed by atoms with E-state index in [2.05, 4.69) is 16.1 Å². The standard InChI is InChI=1S/C19H16N2O4/c1-24-18(22)11-17(19(23)25-2)21-16-6-4-3-5-15(16)14-9-7-13(12-20)8-10-14/h3-11,21H,1-2H3/b17-11+. The Kier molecular flexibility index (Phi) is 5.91. The van der Waals surface area contributed by atoms with Crippen molar-refractivity contribution in [3.8, 4) is 17.2 Å². The van der Waals surface area contributed by atoms with Crippen molar-refractivity contribution in [3.05, 3.63) is 65.9 Å². The molecule has 0 heterocycles. The number of benzene rings is 2. The lowest BCUT2D eigenvalue weighted by molar-refractivity contribution is -0.138. The zero-order valence-corrected chi connectivity index (χ0v) is 13.8. The minimum absolute atomic E-state index is 0.0459. The molecule has 0 spiro atoms. The fraction of sp³-hybridized carbons (Fsp3) is 0.105. The summed E-state index contributed by atoms with van der Waals surface area (Å²) in [6, 6.07) is 16.4. The molecule has 0 radical (unpaired) electrons. The smallest absolute Gasteiger partial charge is 0.354 e. The van der Waals surface area contributed by atoms with Crippen LogP contribution >= 0.6 is 0 Å². The van der Waals surface area contributed by atoms with Gasteiger partial charge in [-0.1, -0.05) is 30.3 Å². The molecule has 0 atom stereocenters. The van der Waals surface area contributed by atoms with E-state index in [1.807, 2.05) is 12.1 Å². The lowest BCUT2D eigenvalue weighted by Gasteiger charge is -2.13. The van der Waals surface area contributed by atoms with Crippen molar-refractivity contribution in [3.63, 3.8) is 0 Å². The van der Waals surface area contributed by atoms with Crippen LogP contribution in [0.4, 0.5) is 5.69 Å². The van der Waals surface area contributed by atoms with Gasteiger partial charge in [0.15, 0.2) is 0 Å². The van der Waals surface area contributed by atoms with Crippen molar-refractivity contribution in [2.75, 3.05) is 19.5 Å². The molecule has 126 valence electrons. The topological polar surface area (TPSA) is 88.4 Å². The van der Waals surface area contributed by atoms with Crippen molar-refractivity contribution < 1.29 is 19.1 Å². The summed E-state index contributed by atoms with van der Waals surface area (Å²) in [4.78, 5) is 23.4. The summed E-state index contributed by atoms with van der Waals surface area (Å²) in [5, 5.41) is 11.8. The van der Waals surface area contributed by atoms with Crippen LogP contribution in [-0.4, -0.2) is 26.2 Å². The van der Waals surface area contributed by atoms with E-state index in [4.69, 9.17) is 10.00 Å². The zero-order valence-electron chi connectivity index (χ0n) is 13.8. The number of nitrogens with zero attached hydrogens (tertiary/aromatic N) is 1. The molecule has 25 heavy (non-hydrogen) atoms. The van der Waals surface area contributed by atoms with Gasteiger partial charge in [0, 0.05) is 11.3 Å². The number of nitrogens with one attached hydrogen (secondary N) is 1. The quantitative estimate of drug-likeness (QED) is 0.667. The first-order chi connectivity index (χ1) is 12.1. The summed E-state index contributed by atoms with van der Waals surface area (Å²) in [7, 11) is 2.44. The molecule has 0 aliphatic carbocycles. The second kappa shape index (κ2) is 8.31. The van der Waals surface area contributed by atoms with Gasteiger partial charge in [-0.2, -0.15) is 5.26 Å². The first-order valence-corrected chi connectivity index (χ1v) is 7.33. The molecule has 0 saturated carbocycles. The second-order valence-corrected chi connectivity index (χ2v) is 4.93. The number of para-hydroxylation sites is 1. The van der Waals surface area contributed by atoms with Crippen LogP contribution < -0.4 is 5.32 Å². The Labute approximate surface area is 145 Å². The van der Waals surface area contributed by atoms with Crippen molar-refractivity contribution >= 4 is 17.6 Å². The third-order valence-electron chi connectivity index (χ3n) is 3.39. The highest BCUT2D eigenvalue weighted by Crippen LogP contribution is 2.29. The molecule has 0 bridgehead atoms. The summed E-state index contributed by atoms with van der Waals surface area (Å²) in [6.45, 7) is 0. The van der Waals surface area contributed by atoms with Crippen LogP contribution in [0.2, 0.25) is 0 Å². The summed E-state index contributed by atoms with van der Waals surface area (Å²) in [6.07, 6.45) is 1.03. The largest absolute Gasteiger partial charge is 0.466 e. The average Bonchev–Trinajstić information content (AvgIpc) is 2.67. The van der Waals surface area contributed by atoms with Gasteiger partial charge >= 0.3 is 11.9 Å². The Bertz CT molecular complexity index is 848. The molecule has 2 aromatic rings. The number of methoxy groups -OCH3 is 2. The Morgan fingerprint density at radius 3 is 2.32 bits per heavy atom. The lowest BCUT2D eigenvalue weighted by Crippen LogP contribution is -2.15. The monoisotopic (exact) mass is 336 g/mol. The summed E-state index contributed by atoms with van der Waals surface area (Å²) in [5.74, 6) is -1.37. The fourth-order valence-electron chi connectivity index (χ4n) is 2.15. The molecular weight excluding hydrogens is 320 g/mol. The van der Waals surface area contributed by atoms with Gasteiger partial charge in [0.2, 0.25) is 0 Å². The Morgan fingerprint density at radius 1 is 1.04 bits per heavy atom. The van der Waals surface area contributed by atoms with Crippen LogP contribution in [0.15, 0.2) is 60.3 Å². The molecule has 0 amide bonds. The number of carbonyl (C=O) groups is 2. The predicted octanol–water partition coefficient (Wildman–Crippen LogP) is 2.87. The van der Waals surface area contributed by atoms with E-state index in [1.165, 1.54) is 14.2 Å². The maximum atomic E-state index is 11.9. The van der Waals surface area contributed by atoms with Crippen LogP contribution in [0, 0.1) is 11.3 Å². The van der Waals surface area contributed by atoms with Crippen LogP contribution in [0.5, 0.6) is 0 Å². The van der Waals surface area contributed by atoms with Crippen LogP contribution in [0.3, 0.4) is 0 Å². The molecule has 0 aliphatic rings. The van der Waals surface area contributed by atoms with Gasteiger partial charge in [-0.25, -0.2) is 9.59 Å². The highest BCUT2D eigenvalue weighted by molar-refractivity contribution is 5.99. The van der Waals surface area contributed by atoms with Gasteiger partial charge in [-0.15, -0.1) is 0 Å². The van der Waals surface area contributed by atoms with E-state index in [1.54, 1.807) is 36.4 Å². The molecule has 0 unspecified atom stereocenters. The van der Waals surface area contributed by atoms with Crippen molar-refractivity contribution in [1.82, 2.24) is 0 Å².